The SMILES string of the molecule is CC(C)OC(=O)CC(NC(=O)C=Cc1ccc(Cl)c([N+](=O)[O-])c1)c1ccccc1[N+](=O)[O-]. The summed E-state index contributed by atoms with van der Waals surface area (Å²) in [6.45, 7) is 3.31. The van der Waals surface area contributed by atoms with Gasteiger partial charge in [-0.3, -0.25) is 29.8 Å². The topological polar surface area (TPSA) is 142 Å². The molecule has 0 radical (unpaired) electrons. The standard InChI is InChI=1S/C21H20ClN3O7/c1-13(2)32-21(27)12-17(15-5-3-4-6-18(15)24(28)29)23-20(26)10-8-14-7-9-16(22)19(11-14)25(30)31/h3-11,13,17H,12H2,1-2H3,(H,23,26). The Balaban J connectivity index is 2.27. The highest BCUT2D eigenvalue weighted by Crippen LogP contribution is 2.28. The van der Waals surface area contributed by atoms with Crippen molar-refractivity contribution in [2.75, 3.05) is 0 Å². The van der Waals surface area contributed by atoms with E-state index in [0.717, 1.165) is 6.08 Å². The van der Waals surface area contributed by atoms with E-state index in [2.05, 4.69) is 5.32 Å². The third-order valence-corrected chi connectivity index (χ3v) is 4.48. The maximum absolute atomic E-state index is 12.5. The van der Waals surface area contributed by atoms with Gasteiger partial charge in [-0.2, -0.15) is 0 Å². The number of para-hydroxylation sites is 1. The van der Waals surface area contributed by atoms with Crippen LogP contribution < -0.4 is 5.32 Å². The average molecular weight is 462 g/mol. The molecule has 0 saturated carbocycles. The summed E-state index contributed by atoms with van der Waals surface area (Å²) in [5.41, 5.74) is -0.0873. The predicted octanol–water partition coefficient (Wildman–Crippen LogP) is 4.37. The predicted molar refractivity (Wildman–Crippen MR) is 117 cm³/mol. The van der Waals surface area contributed by atoms with Gasteiger partial charge in [0.1, 0.15) is 5.02 Å². The highest BCUT2D eigenvalue weighted by molar-refractivity contribution is 6.32. The lowest BCUT2D eigenvalue weighted by Gasteiger charge is -2.18. The van der Waals surface area contributed by atoms with Crippen LogP contribution in [0.1, 0.15) is 37.4 Å². The van der Waals surface area contributed by atoms with Crippen molar-refractivity contribution in [3.8, 4) is 0 Å². The summed E-state index contributed by atoms with van der Waals surface area (Å²) >= 11 is 5.77. The van der Waals surface area contributed by atoms with Crippen LogP contribution >= 0.6 is 11.6 Å². The lowest BCUT2D eigenvalue weighted by molar-refractivity contribution is -0.385. The summed E-state index contributed by atoms with van der Waals surface area (Å²) < 4.78 is 5.11. The number of esters is 1. The second kappa shape index (κ2) is 11.0. The Kier molecular flexibility index (Phi) is 8.42. The first-order valence-corrected chi connectivity index (χ1v) is 9.81. The second-order valence-electron chi connectivity index (χ2n) is 6.92. The van der Waals surface area contributed by atoms with Gasteiger partial charge in [-0.05, 0) is 31.6 Å². The minimum absolute atomic E-state index is 0.0447. The molecule has 0 fully saturated rings. The van der Waals surface area contributed by atoms with Gasteiger partial charge < -0.3 is 10.1 Å². The number of hydrogen-bond donors (Lipinski definition) is 1. The Labute approximate surface area is 188 Å². The molecular weight excluding hydrogens is 442 g/mol. The van der Waals surface area contributed by atoms with Crippen LogP contribution in [0, 0.1) is 20.2 Å². The summed E-state index contributed by atoms with van der Waals surface area (Å²) in [6, 6.07) is 8.72. The third kappa shape index (κ3) is 6.88. The van der Waals surface area contributed by atoms with Crippen molar-refractivity contribution in [3.63, 3.8) is 0 Å². The second-order valence-corrected chi connectivity index (χ2v) is 7.33. The number of carbonyl (C=O) groups excluding carboxylic acids is 2. The summed E-state index contributed by atoms with van der Waals surface area (Å²) in [6.07, 6.45) is 1.70. The van der Waals surface area contributed by atoms with Crippen LogP contribution in [0.2, 0.25) is 5.02 Å². The maximum atomic E-state index is 12.5. The van der Waals surface area contributed by atoms with E-state index in [1.165, 1.54) is 42.5 Å². The highest BCUT2D eigenvalue weighted by atomic mass is 35.5. The number of carbonyl (C=O) groups is 2. The van der Waals surface area contributed by atoms with Crippen molar-refractivity contribution in [2.24, 2.45) is 0 Å². The molecule has 10 nitrogen and oxygen atoms in total. The van der Waals surface area contributed by atoms with Gasteiger partial charge in [-0.15, -0.1) is 0 Å². The summed E-state index contributed by atoms with van der Waals surface area (Å²) in [4.78, 5) is 45.8. The van der Waals surface area contributed by atoms with Crippen LogP contribution in [-0.4, -0.2) is 27.8 Å². The quantitative estimate of drug-likeness (QED) is 0.253. The van der Waals surface area contributed by atoms with Crippen molar-refractivity contribution < 1.29 is 24.2 Å². The Hall–Kier alpha value is -3.79. The van der Waals surface area contributed by atoms with E-state index in [1.54, 1.807) is 19.9 Å². The molecular formula is C21H20ClN3O7. The number of nitro groups is 2. The van der Waals surface area contributed by atoms with Crippen LogP contribution in [0.15, 0.2) is 48.5 Å². The maximum Gasteiger partial charge on any atom is 0.308 e. The largest absolute Gasteiger partial charge is 0.463 e. The number of nitrogens with zero attached hydrogens (tertiary/aromatic N) is 2. The fourth-order valence-corrected chi connectivity index (χ4v) is 3.02. The zero-order chi connectivity index (χ0) is 23.8. The zero-order valence-corrected chi connectivity index (χ0v) is 17.9. The van der Waals surface area contributed by atoms with E-state index < -0.39 is 33.9 Å². The van der Waals surface area contributed by atoms with Crippen LogP contribution in [-0.2, 0) is 14.3 Å². The van der Waals surface area contributed by atoms with Crippen molar-refractivity contribution in [2.45, 2.75) is 32.4 Å². The minimum Gasteiger partial charge on any atom is -0.463 e. The van der Waals surface area contributed by atoms with Gasteiger partial charge in [-0.1, -0.05) is 35.9 Å². The molecule has 0 aliphatic rings. The van der Waals surface area contributed by atoms with Crippen molar-refractivity contribution in [3.05, 3.63) is 84.9 Å². The molecule has 0 spiro atoms. The van der Waals surface area contributed by atoms with Gasteiger partial charge in [0.25, 0.3) is 11.4 Å². The van der Waals surface area contributed by atoms with E-state index in [-0.39, 0.29) is 28.4 Å². The van der Waals surface area contributed by atoms with Gasteiger partial charge >= 0.3 is 5.97 Å². The molecule has 0 aliphatic heterocycles. The van der Waals surface area contributed by atoms with Gasteiger partial charge in [0.05, 0.1) is 34.0 Å². The van der Waals surface area contributed by atoms with Crippen LogP contribution in [0.25, 0.3) is 6.08 Å². The van der Waals surface area contributed by atoms with E-state index in [1.807, 2.05) is 0 Å². The molecule has 2 aromatic rings. The third-order valence-electron chi connectivity index (χ3n) is 4.16. The van der Waals surface area contributed by atoms with E-state index in [4.69, 9.17) is 16.3 Å². The number of hydrogen-bond acceptors (Lipinski definition) is 7. The number of halogens is 1. The molecule has 32 heavy (non-hydrogen) atoms. The Bertz CT molecular complexity index is 1070. The molecule has 1 atom stereocenters. The number of ether oxygens (including phenoxy) is 1. The molecule has 2 rings (SSSR count). The first kappa shape index (κ1) is 24.5. The van der Waals surface area contributed by atoms with Crippen LogP contribution in [0.4, 0.5) is 11.4 Å². The highest BCUT2D eigenvalue weighted by Gasteiger charge is 2.26. The number of rotatable bonds is 9. The van der Waals surface area contributed by atoms with Crippen LogP contribution in [0.3, 0.4) is 0 Å². The molecule has 168 valence electrons. The fourth-order valence-electron chi connectivity index (χ4n) is 2.83. The van der Waals surface area contributed by atoms with E-state index >= 15 is 0 Å². The number of nitrogens with one attached hydrogen (secondary N) is 1. The molecule has 1 N–H and O–H groups in total. The molecule has 0 saturated heterocycles. The molecule has 0 bridgehead atoms. The van der Waals surface area contributed by atoms with Gasteiger partial charge in [0, 0.05) is 18.2 Å². The van der Waals surface area contributed by atoms with Gasteiger partial charge in [0.2, 0.25) is 5.91 Å². The molecule has 0 aromatic heterocycles. The normalized spacial score (nSPS) is 11.9. The fraction of sp³-hybridized carbons (Fsp3) is 0.238. The zero-order valence-electron chi connectivity index (χ0n) is 17.2. The number of amides is 1. The van der Waals surface area contributed by atoms with E-state index in [0.29, 0.717) is 5.56 Å². The smallest absolute Gasteiger partial charge is 0.308 e. The first-order valence-electron chi connectivity index (χ1n) is 9.43. The molecule has 0 aliphatic carbocycles. The van der Waals surface area contributed by atoms with Gasteiger partial charge in [0.15, 0.2) is 0 Å². The Morgan fingerprint density at radius 3 is 2.38 bits per heavy atom. The monoisotopic (exact) mass is 461 g/mol. The summed E-state index contributed by atoms with van der Waals surface area (Å²) in [5, 5.41) is 24.9. The first-order chi connectivity index (χ1) is 15.1. The van der Waals surface area contributed by atoms with Gasteiger partial charge in [-0.25, -0.2) is 0 Å². The van der Waals surface area contributed by atoms with Crippen molar-refractivity contribution in [1.29, 1.82) is 0 Å². The lowest BCUT2D eigenvalue weighted by atomic mass is 10.0. The minimum atomic E-state index is -1.03. The van der Waals surface area contributed by atoms with Crippen molar-refractivity contribution >= 4 is 40.9 Å². The summed E-state index contributed by atoms with van der Waals surface area (Å²) in [7, 11) is 0. The van der Waals surface area contributed by atoms with Crippen molar-refractivity contribution in [1.82, 2.24) is 5.32 Å². The molecule has 1 unspecified atom stereocenters. The number of benzene rings is 2. The number of nitro benzene ring substituents is 2. The average Bonchev–Trinajstić information content (AvgIpc) is 2.71. The lowest BCUT2D eigenvalue weighted by Crippen LogP contribution is -2.30. The van der Waals surface area contributed by atoms with Crippen LogP contribution in [0.5, 0.6) is 0 Å². The molecule has 0 heterocycles. The summed E-state index contributed by atoms with van der Waals surface area (Å²) in [5.74, 6) is -1.30. The molecule has 11 heteroatoms. The Morgan fingerprint density at radius 1 is 1.09 bits per heavy atom. The molecule has 1 amide bonds. The Morgan fingerprint density at radius 2 is 1.75 bits per heavy atom. The van der Waals surface area contributed by atoms with E-state index in [9.17, 15) is 29.8 Å². The molecule has 2 aromatic carbocycles.